The van der Waals surface area contributed by atoms with E-state index in [2.05, 4.69) is 24.9 Å². The Bertz CT molecular complexity index is 862. The van der Waals surface area contributed by atoms with Crippen molar-refractivity contribution in [1.29, 1.82) is 0 Å². The maximum absolute atomic E-state index is 13.0. The molecular weight excluding hydrogens is 329 g/mol. The molecule has 0 N–H and O–H groups in total. The van der Waals surface area contributed by atoms with Crippen LogP contribution in [-0.2, 0) is 6.18 Å². The third-order valence-corrected chi connectivity index (χ3v) is 5.02. The molecule has 0 amide bonds. The molecule has 1 aliphatic rings. The Hall–Kier alpha value is -1.94. The molecule has 23 heavy (non-hydrogen) atoms. The first-order valence-electron chi connectivity index (χ1n) is 7.07. The van der Waals surface area contributed by atoms with Crippen LogP contribution >= 0.6 is 11.3 Å². The second-order valence-electron chi connectivity index (χ2n) is 5.52. The van der Waals surface area contributed by atoms with Crippen molar-refractivity contribution in [3.05, 3.63) is 17.3 Å². The minimum atomic E-state index is -4.38. The molecule has 1 aliphatic heterocycles. The Morgan fingerprint density at radius 3 is 2.61 bits per heavy atom. The van der Waals surface area contributed by atoms with Gasteiger partial charge in [0.1, 0.15) is 21.6 Å². The molecule has 3 aromatic rings. The molecular formula is C13H13F3N6S. The quantitative estimate of drug-likeness (QED) is 0.678. The number of anilines is 1. The van der Waals surface area contributed by atoms with Crippen molar-refractivity contribution < 1.29 is 13.2 Å². The number of rotatable bonds is 1. The Balaban J connectivity index is 1.88. The van der Waals surface area contributed by atoms with Gasteiger partial charge in [0.15, 0.2) is 11.5 Å². The highest BCUT2D eigenvalue weighted by molar-refractivity contribution is 7.18. The summed E-state index contributed by atoms with van der Waals surface area (Å²) in [6, 6.07) is 1.09. The van der Waals surface area contributed by atoms with Crippen molar-refractivity contribution in [1.82, 2.24) is 24.5 Å². The molecule has 0 bridgehead atoms. The molecule has 3 aromatic heterocycles. The summed E-state index contributed by atoms with van der Waals surface area (Å²) in [6.45, 7) is 3.26. The van der Waals surface area contributed by atoms with E-state index in [1.807, 2.05) is 7.05 Å². The summed E-state index contributed by atoms with van der Waals surface area (Å²) in [6.07, 6.45) is -3.03. The topological polar surface area (TPSA) is 49.6 Å². The fraction of sp³-hybridized carbons (Fsp3) is 0.462. The minimum Gasteiger partial charge on any atom is -0.351 e. The average Bonchev–Trinajstić information content (AvgIpc) is 3.12. The van der Waals surface area contributed by atoms with E-state index in [4.69, 9.17) is 0 Å². The van der Waals surface area contributed by atoms with E-state index in [1.165, 1.54) is 10.8 Å². The summed E-state index contributed by atoms with van der Waals surface area (Å²) in [4.78, 5) is 12.6. The number of likely N-dealkylation sites (N-methyl/N-ethyl adjacent to an activating group) is 1. The molecule has 1 fully saturated rings. The summed E-state index contributed by atoms with van der Waals surface area (Å²) < 4.78 is 40.4. The van der Waals surface area contributed by atoms with Gasteiger partial charge in [0.05, 0.1) is 0 Å². The van der Waals surface area contributed by atoms with Crippen LogP contribution in [0.3, 0.4) is 0 Å². The Morgan fingerprint density at radius 1 is 1.17 bits per heavy atom. The predicted molar refractivity (Wildman–Crippen MR) is 80.9 cm³/mol. The lowest BCUT2D eigenvalue weighted by Gasteiger charge is -2.33. The third-order valence-electron chi connectivity index (χ3n) is 3.96. The van der Waals surface area contributed by atoms with Crippen molar-refractivity contribution in [2.24, 2.45) is 0 Å². The average molecular weight is 342 g/mol. The summed E-state index contributed by atoms with van der Waals surface area (Å²) in [5.41, 5.74) is 0.835. The molecule has 1 saturated heterocycles. The zero-order valence-corrected chi connectivity index (χ0v) is 13.0. The monoisotopic (exact) mass is 342 g/mol. The number of alkyl halides is 3. The van der Waals surface area contributed by atoms with Crippen LogP contribution in [0.15, 0.2) is 12.4 Å². The van der Waals surface area contributed by atoms with Crippen molar-refractivity contribution in [2.45, 2.75) is 6.18 Å². The minimum absolute atomic E-state index is 0.323. The molecule has 0 aliphatic carbocycles. The van der Waals surface area contributed by atoms with E-state index in [-0.39, 0.29) is 0 Å². The van der Waals surface area contributed by atoms with Gasteiger partial charge < -0.3 is 9.80 Å². The van der Waals surface area contributed by atoms with Gasteiger partial charge in [-0.3, -0.25) is 0 Å². The number of aromatic nitrogens is 4. The highest BCUT2D eigenvalue weighted by Crippen LogP contribution is 2.38. The number of halogens is 3. The summed E-state index contributed by atoms with van der Waals surface area (Å²) in [5.74, 6) is 0.596. The van der Waals surface area contributed by atoms with Gasteiger partial charge in [-0.2, -0.15) is 18.3 Å². The number of hydrogen-bond acceptors (Lipinski definition) is 6. The normalized spacial score (nSPS) is 17.5. The Morgan fingerprint density at radius 2 is 1.91 bits per heavy atom. The Labute approximate surface area is 133 Å². The lowest BCUT2D eigenvalue weighted by atomic mass is 10.3. The number of nitrogens with zero attached hydrogens (tertiary/aromatic N) is 6. The number of piperazine rings is 1. The fourth-order valence-electron chi connectivity index (χ4n) is 2.69. The third kappa shape index (κ3) is 2.41. The molecule has 0 atom stereocenters. The van der Waals surface area contributed by atoms with E-state index in [0.717, 1.165) is 32.2 Å². The molecule has 10 heteroatoms. The van der Waals surface area contributed by atoms with Crippen LogP contribution in [-0.4, -0.2) is 57.7 Å². The largest absolute Gasteiger partial charge is 0.425 e. The van der Waals surface area contributed by atoms with Crippen LogP contribution < -0.4 is 4.90 Å². The number of fused-ring (bicyclic) bond motifs is 3. The van der Waals surface area contributed by atoms with Gasteiger partial charge in [0.25, 0.3) is 0 Å². The smallest absolute Gasteiger partial charge is 0.351 e. The first kappa shape index (κ1) is 14.6. The van der Waals surface area contributed by atoms with Gasteiger partial charge in [0.2, 0.25) is 0 Å². The first-order chi connectivity index (χ1) is 10.9. The molecule has 4 heterocycles. The van der Waals surface area contributed by atoms with Crippen molar-refractivity contribution in [3.8, 4) is 0 Å². The Kier molecular flexibility index (Phi) is 3.20. The second-order valence-corrected chi connectivity index (χ2v) is 6.55. The van der Waals surface area contributed by atoms with Crippen molar-refractivity contribution in [3.63, 3.8) is 0 Å². The standard InChI is InChI=1S/C13H13F3N6S/c1-20-2-4-21(5-3-20)11-10-17-7-18-22(10)8-6-9(13(14,15)16)23-12(8)19-11/h6-7H,2-5H2,1H3. The molecule has 0 saturated carbocycles. The highest BCUT2D eigenvalue weighted by Gasteiger charge is 2.34. The van der Waals surface area contributed by atoms with Crippen molar-refractivity contribution in [2.75, 3.05) is 38.1 Å². The summed E-state index contributed by atoms with van der Waals surface area (Å²) >= 11 is 0.639. The van der Waals surface area contributed by atoms with Gasteiger partial charge in [0, 0.05) is 26.2 Å². The van der Waals surface area contributed by atoms with Gasteiger partial charge in [-0.25, -0.2) is 14.5 Å². The second kappa shape index (κ2) is 5.03. The van der Waals surface area contributed by atoms with Crippen LogP contribution in [0, 0.1) is 0 Å². The van der Waals surface area contributed by atoms with Gasteiger partial charge in [-0.15, -0.1) is 11.3 Å². The fourth-order valence-corrected chi connectivity index (χ4v) is 3.57. The molecule has 4 rings (SSSR count). The van der Waals surface area contributed by atoms with Gasteiger partial charge in [-0.1, -0.05) is 0 Å². The highest BCUT2D eigenvalue weighted by atomic mass is 32.1. The lowest BCUT2D eigenvalue weighted by molar-refractivity contribution is -0.134. The maximum Gasteiger partial charge on any atom is 0.425 e. The van der Waals surface area contributed by atoms with Crippen LogP contribution in [0.5, 0.6) is 0 Å². The van der Waals surface area contributed by atoms with Crippen molar-refractivity contribution >= 4 is 33.1 Å². The zero-order chi connectivity index (χ0) is 16.2. The van der Waals surface area contributed by atoms with Gasteiger partial charge >= 0.3 is 6.18 Å². The van der Waals surface area contributed by atoms with Crippen LogP contribution in [0.1, 0.15) is 4.88 Å². The molecule has 0 aromatic carbocycles. The lowest BCUT2D eigenvalue weighted by Crippen LogP contribution is -2.45. The van der Waals surface area contributed by atoms with Gasteiger partial charge in [-0.05, 0) is 13.1 Å². The van der Waals surface area contributed by atoms with E-state index >= 15 is 0 Å². The summed E-state index contributed by atoms with van der Waals surface area (Å²) in [5, 5.41) is 4.08. The number of hydrogen-bond donors (Lipinski definition) is 0. The van der Waals surface area contributed by atoms with E-state index in [9.17, 15) is 13.2 Å². The molecule has 0 radical (unpaired) electrons. The molecule has 6 nitrogen and oxygen atoms in total. The molecule has 0 spiro atoms. The maximum atomic E-state index is 13.0. The predicted octanol–water partition coefficient (Wildman–Crippen LogP) is 2.11. The van der Waals surface area contributed by atoms with Crippen LogP contribution in [0.2, 0.25) is 0 Å². The summed E-state index contributed by atoms with van der Waals surface area (Å²) in [7, 11) is 2.04. The van der Waals surface area contributed by atoms with Crippen LogP contribution in [0.4, 0.5) is 19.0 Å². The first-order valence-corrected chi connectivity index (χ1v) is 7.89. The SMILES string of the molecule is CN1CCN(c2nc3sc(C(F)(F)F)cc3n3ncnc23)CC1. The zero-order valence-electron chi connectivity index (χ0n) is 12.2. The van der Waals surface area contributed by atoms with E-state index < -0.39 is 11.1 Å². The molecule has 122 valence electrons. The van der Waals surface area contributed by atoms with E-state index in [0.29, 0.717) is 33.1 Å². The van der Waals surface area contributed by atoms with E-state index in [1.54, 1.807) is 0 Å². The van der Waals surface area contributed by atoms with Crippen LogP contribution in [0.25, 0.3) is 16.0 Å². The number of thiophene rings is 1. The molecule has 0 unspecified atom stereocenters.